The van der Waals surface area contributed by atoms with Gasteiger partial charge in [-0.15, -0.1) is 0 Å². The van der Waals surface area contributed by atoms with Gasteiger partial charge < -0.3 is 9.47 Å². The van der Waals surface area contributed by atoms with Gasteiger partial charge in [-0.1, -0.05) is 28.1 Å². The molecule has 0 atom stereocenters. The highest BCUT2D eigenvalue weighted by atomic mass is 79.9. The highest BCUT2D eigenvalue weighted by Gasteiger charge is 2.12. The van der Waals surface area contributed by atoms with E-state index < -0.39 is 0 Å². The van der Waals surface area contributed by atoms with Gasteiger partial charge in [-0.25, -0.2) is 5.43 Å². The predicted octanol–water partition coefficient (Wildman–Crippen LogP) is 3.62. The Bertz CT molecular complexity index is 717. The summed E-state index contributed by atoms with van der Waals surface area (Å²) in [4.78, 5) is 12.3. The molecule has 2 rings (SSSR count). The number of carbonyl (C=O) groups excluding carboxylic acids is 1. The Morgan fingerprint density at radius 3 is 2.87 bits per heavy atom. The van der Waals surface area contributed by atoms with Crippen molar-refractivity contribution in [2.24, 2.45) is 5.10 Å². The van der Waals surface area contributed by atoms with Gasteiger partial charge in [-0.3, -0.25) is 4.79 Å². The number of ether oxygens (including phenoxy) is 2. The number of benzene rings is 2. The van der Waals surface area contributed by atoms with Gasteiger partial charge in [-0.05, 0) is 42.8 Å². The summed E-state index contributed by atoms with van der Waals surface area (Å²) in [5.41, 5.74) is 3.74. The maximum absolute atomic E-state index is 12.3. The van der Waals surface area contributed by atoms with Crippen LogP contribution < -0.4 is 14.9 Å². The van der Waals surface area contributed by atoms with E-state index in [0.29, 0.717) is 17.9 Å². The van der Waals surface area contributed by atoms with E-state index in [1.165, 1.54) is 0 Å². The van der Waals surface area contributed by atoms with Crippen LogP contribution in [0.25, 0.3) is 0 Å². The summed E-state index contributed by atoms with van der Waals surface area (Å²) in [7, 11) is 1.60. The molecular formula is C17H17BrN2O3. The Morgan fingerprint density at radius 1 is 1.30 bits per heavy atom. The van der Waals surface area contributed by atoms with Crippen LogP contribution in [-0.2, 0) is 0 Å². The summed E-state index contributed by atoms with van der Waals surface area (Å²) in [6.07, 6.45) is 1.55. The molecule has 0 aliphatic rings. The highest BCUT2D eigenvalue weighted by Crippen LogP contribution is 2.23. The minimum Gasteiger partial charge on any atom is -0.497 e. The van der Waals surface area contributed by atoms with E-state index in [-0.39, 0.29) is 5.91 Å². The number of nitrogens with zero attached hydrogens (tertiary/aromatic N) is 1. The van der Waals surface area contributed by atoms with Gasteiger partial charge in [0.15, 0.2) is 0 Å². The summed E-state index contributed by atoms with van der Waals surface area (Å²) < 4.78 is 11.4. The maximum Gasteiger partial charge on any atom is 0.275 e. The van der Waals surface area contributed by atoms with Gasteiger partial charge in [0.2, 0.25) is 0 Å². The van der Waals surface area contributed by atoms with E-state index in [2.05, 4.69) is 26.5 Å². The molecule has 0 heterocycles. The molecule has 2 aromatic rings. The third-order valence-electron chi connectivity index (χ3n) is 2.96. The topological polar surface area (TPSA) is 59.9 Å². The van der Waals surface area contributed by atoms with Crippen molar-refractivity contribution in [2.45, 2.75) is 6.92 Å². The average molecular weight is 377 g/mol. The van der Waals surface area contributed by atoms with Gasteiger partial charge in [0, 0.05) is 4.47 Å². The number of hydrogen-bond acceptors (Lipinski definition) is 4. The number of carbonyl (C=O) groups is 1. The fraction of sp³-hybridized carbons (Fsp3) is 0.176. The van der Waals surface area contributed by atoms with Crippen LogP contribution in [0.3, 0.4) is 0 Å². The fourth-order valence-electron chi connectivity index (χ4n) is 1.91. The van der Waals surface area contributed by atoms with Crippen LogP contribution in [0.5, 0.6) is 11.5 Å². The Hall–Kier alpha value is -2.34. The van der Waals surface area contributed by atoms with Gasteiger partial charge in [0.25, 0.3) is 5.91 Å². The molecule has 0 radical (unpaired) electrons. The summed E-state index contributed by atoms with van der Waals surface area (Å²) in [5.74, 6) is 0.907. The zero-order valence-electron chi connectivity index (χ0n) is 12.9. The summed E-state index contributed by atoms with van der Waals surface area (Å²) in [5, 5.41) is 3.97. The molecule has 0 aromatic heterocycles. The lowest BCUT2D eigenvalue weighted by Crippen LogP contribution is -2.18. The van der Waals surface area contributed by atoms with Crippen molar-refractivity contribution in [1.82, 2.24) is 5.43 Å². The standard InChI is InChI=1S/C17H17BrN2O3/c1-3-23-16-8-7-13(18)10-15(16)17(21)20-19-11-12-5-4-6-14(9-12)22-2/h4-11H,3H2,1-2H3,(H,20,21)/b19-11+. The van der Waals surface area contributed by atoms with E-state index in [9.17, 15) is 4.79 Å². The lowest BCUT2D eigenvalue weighted by Gasteiger charge is -2.09. The van der Waals surface area contributed by atoms with Crippen LogP contribution in [0.4, 0.5) is 0 Å². The number of hydrazone groups is 1. The Morgan fingerprint density at radius 2 is 2.13 bits per heavy atom. The molecule has 0 fully saturated rings. The van der Waals surface area contributed by atoms with E-state index >= 15 is 0 Å². The first-order chi connectivity index (χ1) is 11.1. The zero-order chi connectivity index (χ0) is 16.7. The fourth-order valence-corrected chi connectivity index (χ4v) is 2.27. The molecule has 6 heteroatoms. The van der Waals surface area contributed by atoms with Crippen molar-refractivity contribution in [2.75, 3.05) is 13.7 Å². The smallest absolute Gasteiger partial charge is 0.275 e. The lowest BCUT2D eigenvalue weighted by molar-refractivity contribution is 0.0951. The van der Waals surface area contributed by atoms with Crippen LogP contribution in [0.2, 0.25) is 0 Å². The van der Waals surface area contributed by atoms with Crippen LogP contribution in [0, 0.1) is 0 Å². The Kier molecular flexibility index (Phi) is 6.17. The molecule has 5 nitrogen and oxygen atoms in total. The molecule has 0 aliphatic heterocycles. The second-order valence-corrected chi connectivity index (χ2v) is 5.46. The SMILES string of the molecule is CCOc1ccc(Br)cc1C(=O)N/N=C/c1cccc(OC)c1. The Labute approximate surface area is 143 Å². The second kappa shape index (κ2) is 8.33. The molecule has 1 N–H and O–H groups in total. The van der Waals surface area contributed by atoms with Crippen molar-refractivity contribution < 1.29 is 14.3 Å². The van der Waals surface area contributed by atoms with Crippen molar-refractivity contribution >= 4 is 28.1 Å². The van der Waals surface area contributed by atoms with Crippen molar-refractivity contribution in [3.63, 3.8) is 0 Å². The van der Waals surface area contributed by atoms with Crippen molar-refractivity contribution in [3.05, 3.63) is 58.1 Å². The zero-order valence-corrected chi connectivity index (χ0v) is 14.5. The number of nitrogens with one attached hydrogen (secondary N) is 1. The van der Waals surface area contributed by atoms with Crippen molar-refractivity contribution in [1.29, 1.82) is 0 Å². The van der Waals surface area contributed by atoms with Gasteiger partial charge >= 0.3 is 0 Å². The quantitative estimate of drug-likeness (QED) is 0.618. The second-order valence-electron chi connectivity index (χ2n) is 4.55. The minimum absolute atomic E-state index is 0.339. The molecule has 0 aliphatic carbocycles. The van der Waals surface area contributed by atoms with Crippen LogP contribution >= 0.6 is 15.9 Å². The van der Waals surface area contributed by atoms with E-state index in [0.717, 1.165) is 15.8 Å². The molecule has 1 amide bonds. The molecular weight excluding hydrogens is 360 g/mol. The molecule has 0 bridgehead atoms. The van der Waals surface area contributed by atoms with Gasteiger partial charge in [0.1, 0.15) is 11.5 Å². The molecule has 0 saturated heterocycles. The molecule has 23 heavy (non-hydrogen) atoms. The first kappa shape index (κ1) is 17.0. The first-order valence-corrected chi connectivity index (χ1v) is 7.83. The molecule has 0 spiro atoms. The normalized spacial score (nSPS) is 10.6. The monoisotopic (exact) mass is 376 g/mol. The molecule has 0 unspecified atom stereocenters. The number of amides is 1. The number of methoxy groups -OCH3 is 1. The lowest BCUT2D eigenvalue weighted by atomic mass is 10.2. The number of rotatable bonds is 6. The Balaban J connectivity index is 2.09. The van der Waals surface area contributed by atoms with Crippen LogP contribution in [0.1, 0.15) is 22.8 Å². The van der Waals surface area contributed by atoms with E-state index in [4.69, 9.17) is 9.47 Å². The predicted molar refractivity (Wildman–Crippen MR) is 93.4 cm³/mol. The largest absolute Gasteiger partial charge is 0.497 e. The van der Waals surface area contributed by atoms with Gasteiger partial charge in [0.05, 0.1) is 25.5 Å². The molecule has 120 valence electrons. The summed E-state index contributed by atoms with van der Waals surface area (Å²) in [6.45, 7) is 2.35. The van der Waals surface area contributed by atoms with Crippen molar-refractivity contribution in [3.8, 4) is 11.5 Å². The van der Waals surface area contributed by atoms with E-state index in [1.807, 2.05) is 37.3 Å². The van der Waals surface area contributed by atoms with E-state index in [1.54, 1.807) is 25.5 Å². The first-order valence-electron chi connectivity index (χ1n) is 7.04. The molecule has 2 aromatic carbocycles. The average Bonchev–Trinajstić information content (AvgIpc) is 2.56. The third kappa shape index (κ3) is 4.82. The summed E-state index contributed by atoms with van der Waals surface area (Å²) >= 11 is 3.35. The van der Waals surface area contributed by atoms with Crippen LogP contribution in [-0.4, -0.2) is 25.8 Å². The third-order valence-corrected chi connectivity index (χ3v) is 3.45. The number of hydrogen-bond donors (Lipinski definition) is 1. The maximum atomic E-state index is 12.3. The highest BCUT2D eigenvalue weighted by molar-refractivity contribution is 9.10. The minimum atomic E-state index is -0.339. The van der Waals surface area contributed by atoms with Crippen LogP contribution in [0.15, 0.2) is 52.0 Å². The molecule has 0 saturated carbocycles. The number of halogens is 1. The van der Waals surface area contributed by atoms with Gasteiger partial charge in [-0.2, -0.15) is 5.10 Å². The summed E-state index contributed by atoms with van der Waals surface area (Å²) in [6, 6.07) is 12.6.